The van der Waals surface area contributed by atoms with Crippen LogP contribution in [0.1, 0.15) is 25.7 Å². The summed E-state index contributed by atoms with van der Waals surface area (Å²) in [4.78, 5) is 0. The Morgan fingerprint density at radius 3 is 1.50 bits per heavy atom. The Bertz CT molecular complexity index is 81.3. The predicted molar refractivity (Wildman–Crippen MR) is 43.6 cm³/mol. The van der Waals surface area contributed by atoms with Crippen LogP contribution in [0.5, 0.6) is 0 Å². The zero-order valence-electron chi connectivity index (χ0n) is 6.55. The van der Waals surface area contributed by atoms with Gasteiger partial charge in [-0.15, -0.1) is 0 Å². The van der Waals surface area contributed by atoms with Gasteiger partial charge in [-0.25, -0.2) is 0 Å². The van der Waals surface area contributed by atoms with E-state index in [0.29, 0.717) is 0 Å². The van der Waals surface area contributed by atoms with Crippen LogP contribution in [-0.2, 0) is 0 Å². The number of nitrogens with two attached hydrogens (primary N) is 2. The van der Waals surface area contributed by atoms with Crippen molar-refractivity contribution < 1.29 is 0 Å². The van der Waals surface area contributed by atoms with Crippen LogP contribution in [0.3, 0.4) is 0 Å². The van der Waals surface area contributed by atoms with Gasteiger partial charge in [-0.2, -0.15) is 0 Å². The van der Waals surface area contributed by atoms with E-state index in [1.165, 1.54) is 25.7 Å². The van der Waals surface area contributed by atoms with Crippen LogP contribution < -0.4 is 11.5 Å². The Morgan fingerprint density at radius 1 is 0.900 bits per heavy atom. The summed E-state index contributed by atoms with van der Waals surface area (Å²) in [6.07, 6.45) is 5.21. The van der Waals surface area contributed by atoms with Gasteiger partial charge in [-0.1, -0.05) is 0 Å². The maximum Gasteiger partial charge on any atom is -0.00745 e. The SMILES string of the molecule is NCC[C@@H]1CC[C@H]1CCN. The van der Waals surface area contributed by atoms with Crippen molar-refractivity contribution in [3.8, 4) is 0 Å². The van der Waals surface area contributed by atoms with Crippen molar-refractivity contribution in [1.29, 1.82) is 0 Å². The molecule has 0 radical (unpaired) electrons. The quantitative estimate of drug-likeness (QED) is 0.607. The Labute approximate surface area is 63.0 Å². The second-order valence-corrected chi connectivity index (χ2v) is 3.25. The second-order valence-electron chi connectivity index (χ2n) is 3.25. The first-order valence-electron chi connectivity index (χ1n) is 4.28. The number of hydrogen-bond acceptors (Lipinski definition) is 2. The highest BCUT2D eigenvalue weighted by Gasteiger charge is 2.28. The zero-order valence-corrected chi connectivity index (χ0v) is 6.55. The standard InChI is InChI=1S/C8H18N2/c9-5-3-7-1-2-8(7)4-6-10/h7-8H,1-6,9-10H2/t7-,8-/m0/s1. The van der Waals surface area contributed by atoms with Crippen molar-refractivity contribution in [2.45, 2.75) is 25.7 Å². The van der Waals surface area contributed by atoms with E-state index in [1.807, 2.05) is 0 Å². The minimum atomic E-state index is 0.853. The van der Waals surface area contributed by atoms with Gasteiger partial charge in [0.05, 0.1) is 0 Å². The molecule has 10 heavy (non-hydrogen) atoms. The first kappa shape index (κ1) is 8.02. The van der Waals surface area contributed by atoms with Crippen molar-refractivity contribution in [2.24, 2.45) is 23.3 Å². The van der Waals surface area contributed by atoms with Gasteiger partial charge in [0.15, 0.2) is 0 Å². The van der Waals surface area contributed by atoms with Crippen molar-refractivity contribution in [3.63, 3.8) is 0 Å². The molecule has 0 unspecified atom stereocenters. The summed E-state index contributed by atoms with van der Waals surface area (Å²) in [7, 11) is 0. The Morgan fingerprint density at radius 2 is 1.30 bits per heavy atom. The lowest BCUT2D eigenvalue weighted by Gasteiger charge is -2.36. The molecule has 1 rings (SSSR count). The van der Waals surface area contributed by atoms with E-state index in [0.717, 1.165) is 24.9 Å². The average Bonchev–Trinajstić information content (AvgIpc) is 1.93. The van der Waals surface area contributed by atoms with E-state index in [1.54, 1.807) is 0 Å². The van der Waals surface area contributed by atoms with Gasteiger partial charge in [-0.05, 0) is 50.6 Å². The first-order valence-corrected chi connectivity index (χ1v) is 4.28. The Kier molecular flexibility index (Phi) is 3.16. The average molecular weight is 142 g/mol. The van der Waals surface area contributed by atoms with Crippen LogP contribution in [0.4, 0.5) is 0 Å². The molecule has 1 fully saturated rings. The van der Waals surface area contributed by atoms with Crippen molar-refractivity contribution in [1.82, 2.24) is 0 Å². The molecule has 0 aromatic carbocycles. The topological polar surface area (TPSA) is 52.0 Å². The lowest BCUT2D eigenvalue weighted by Crippen LogP contribution is -2.29. The van der Waals surface area contributed by atoms with E-state index in [2.05, 4.69) is 0 Å². The molecule has 2 atom stereocenters. The Hall–Kier alpha value is -0.0800. The molecule has 2 heteroatoms. The smallest absolute Gasteiger partial charge is 0.00745 e. The fraction of sp³-hybridized carbons (Fsp3) is 1.00. The third-order valence-electron chi connectivity index (χ3n) is 2.65. The number of rotatable bonds is 4. The zero-order chi connectivity index (χ0) is 7.40. The molecule has 0 heterocycles. The lowest BCUT2D eigenvalue weighted by atomic mass is 9.70. The second kappa shape index (κ2) is 3.94. The third-order valence-corrected chi connectivity index (χ3v) is 2.65. The molecule has 0 amide bonds. The monoisotopic (exact) mass is 142 g/mol. The molecular weight excluding hydrogens is 124 g/mol. The maximum absolute atomic E-state index is 5.47. The van der Waals surface area contributed by atoms with Crippen LogP contribution >= 0.6 is 0 Å². The largest absolute Gasteiger partial charge is 0.330 e. The summed E-state index contributed by atoms with van der Waals surface area (Å²) in [5, 5.41) is 0. The van der Waals surface area contributed by atoms with E-state index in [9.17, 15) is 0 Å². The van der Waals surface area contributed by atoms with Crippen LogP contribution in [0.2, 0.25) is 0 Å². The molecule has 0 saturated heterocycles. The number of hydrogen-bond donors (Lipinski definition) is 2. The van der Waals surface area contributed by atoms with E-state index in [4.69, 9.17) is 11.5 Å². The van der Waals surface area contributed by atoms with Crippen molar-refractivity contribution in [2.75, 3.05) is 13.1 Å². The highest BCUT2D eigenvalue weighted by Crippen LogP contribution is 2.38. The summed E-state index contributed by atoms with van der Waals surface area (Å²) in [6.45, 7) is 1.71. The molecule has 60 valence electrons. The molecule has 0 aliphatic heterocycles. The fourth-order valence-electron chi connectivity index (χ4n) is 1.83. The van der Waals surface area contributed by atoms with Gasteiger partial charge in [0.2, 0.25) is 0 Å². The minimum Gasteiger partial charge on any atom is -0.330 e. The normalized spacial score (nSPS) is 31.8. The summed E-state index contributed by atoms with van der Waals surface area (Å²) in [5.41, 5.74) is 10.9. The molecule has 0 aromatic heterocycles. The van der Waals surface area contributed by atoms with E-state index >= 15 is 0 Å². The predicted octanol–water partition coefficient (Wildman–Crippen LogP) is 0.710. The molecule has 2 nitrogen and oxygen atoms in total. The molecule has 4 N–H and O–H groups in total. The van der Waals surface area contributed by atoms with Gasteiger partial charge in [-0.3, -0.25) is 0 Å². The fourth-order valence-corrected chi connectivity index (χ4v) is 1.83. The van der Waals surface area contributed by atoms with Crippen LogP contribution in [0, 0.1) is 11.8 Å². The van der Waals surface area contributed by atoms with Gasteiger partial charge < -0.3 is 11.5 Å². The van der Waals surface area contributed by atoms with Crippen LogP contribution in [0.15, 0.2) is 0 Å². The summed E-state index contributed by atoms with van der Waals surface area (Å²) in [6, 6.07) is 0. The maximum atomic E-state index is 5.47. The molecule has 0 spiro atoms. The highest BCUT2D eigenvalue weighted by atomic mass is 14.6. The molecule has 1 aliphatic rings. The van der Waals surface area contributed by atoms with Crippen molar-refractivity contribution in [3.05, 3.63) is 0 Å². The summed E-state index contributed by atoms with van der Waals surface area (Å²) >= 11 is 0. The minimum absolute atomic E-state index is 0.853. The third kappa shape index (κ3) is 1.70. The molecule has 1 saturated carbocycles. The molecule has 0 aromatic rings. The lowest BCUT2D eigenvalue weighted by molar-refractivity contribution is 0.158. The van der Waals surface area contributed by atoms with Gasteiger partial charge in [0.1, 0.15) is 0 Å². The summed E-state index contributed by atoms with van der Waals surface area (Å²) in [5.74, 6) is 1.82. The van der Waals surface area contributed by atoms with Gasteiger partial charge >= 0.3 is 0 Å². The van der Waals surface area contributed by atoms with Gasteiger partial charge in [0.25, 0.3) is 0 Å². The van der Waals surface area contributed by atoms with Crippen LogP contribution in [-0.4, -0.2) is 13.1 Å². The first-order chi connectivity index (χ1) is 4.88. The van der Waals surface area contributed by atoms with Crippen LogP contribution in [0.25, 0.3) is 0 Å². The van der Waals surface area contributed by atoms with E-state index < -0.39 is 0 Å². The van der Waals surface area contributed by atoms with E-state index in [-0.39, 0.29) is 0 Å². The van der Waals surface area contributed by atoms with Crippen molar-refractivity contribution >= 4 is 0 Å². The molecular formula is C8H18N2. The molecule has 1 aliphatic carbocycles. The summed E-state index contributed by atoms with van der Waals surface area (Å²) < 4.78 is 0. The molecule has 0 bridgehead atoms. The van der Waals surface area contributed by atoms with Gasteiger partial charge in [0, 0.05) is 0 Å². The Balaban J connectivity index is 2.09. The highest BCUT2D eigenvalue weighted by molar-refractivity contribution is 4.80.